The molecule has 0 spiro atoms. The maximum Gasteiger partial charge on any atom is 0.143 e. The van der Waals surface area contributed by atoms with Gasteiger partial charge >= 0.3 is 0 Å². The van der Waals surface area contributed by atoms with E-state index in [9.17, 15) is 0 Å². The Hall–Kier alpha value is -0.870. The number of halogens is 1. The molecule has 0 saturated heterocycles. The van der Waals surface area contributed by atoms with Gasteiger partial charge in [-0.2, -0.15) is 0 Å². The van der Waals surface area contributed by atoms with Crippen molar-refractivity contribution in [3.8, 4) is 0 Å². The van der Waals surface area contributed by atoms with Gasteiger partial charge in [0.25, 0.3) is 0 Å². The Balaban J connectivity index is 2.24. The Bertz CT molecular complexity index is 449. The maximum absolute atomic E-state index is 5.68. The van der Waals surface area contributed by atoms with Crippen LogP contribution in [0.4, 0.5) is 0 Å². The fourth-order valence-corrected chi connectivity index (χ4v) is 3.01. The van der Waals surface area contributed by atoms with Crippen molar-refractivity contribution in [2.24, 2.45) is 10.8 Å². The second-order valence-electron chi connectivity index (χ2n) is 5.25. The van der Waals surface area contributed by atoms with E-state index in [-0.39, 0.29) is 0 Å². The van der Waals surface area contributed by atoms with E-state index in [1.807, 2.05) is 6.07 Å². The summed E-state index contributed by atoms with van der Waals surface area (Å²) in [5.74, 6) is 6.47. The number of amidine groups is 1. The van der Waals surface area contributed by atoms with Crippen molar-refractivity contribution < 1.29 is 0 Å². The van der Waals surface area contributed by atoms with E-state index in [1.54, 1.807) is 0 Å². The van der Waals surface area contributed by atoms with Crippen molar-refractivity contribution in [2.75, 3.05) is 0 Å². The molecular formula is C15H22BrN3. The second kappa shape index (κ2) is 7.06. The number of hydrazine groups is 1. The van der Waals surface area contributed by atoms with Crippen molar-refractivity contribution >= 4 is 21.8 Å². The van der Waals surface area contributed by atoms with Gasteiger partial charge in [-0.15, -0.1) is 0 Å². The van der Waals surface area contributed by atoms with Crippen LogP contribution in [-0.4, -0.2) is 11.9 Å². The summed E-state index contributed by atoms with van der Waals surface area (Å²) in [5, 5.41) is 0. The number of nitrogens with zero attached hydrogens (tertiary/aromatic N) is 1. The van der Waals surface area contributed by atoms with Crippen molar-refractivity contribution in [1.29, 1.82) is 0 Å². The fraction of sp³-hybridized carbons (Fsp3) is 0.533. The van der Waals surface area contributed by atoms with Crippen molar-refractivity contribution in [3.63, 3.8) is 0 Å². The smallest absolute Gasteiger partial charge is 0.143 e. The molecule has 0 heterocycles. The molecule has 0 bridgehead atoms. The SMILES string of the molecule is Cc1ccc(Br)c(C(=NC2CCCCCC2)NN)c1. The number of benzene rings is 1. The first-order chi connectivity index (χ1) is 9.20. The zero-order chi connectivity index (χ0) is 13.7. The van der Waals surface area contributed by atoms with Gasteiger partial charge in [-0.05, 0) is 31.9 Å². The first-order valence-electron chi connectivity index (χ1n) is 7.01. The van der Waals surface area contributed by atoms with Crippen LogP contribution in [0.25, 0.3) is 0 Å². The highest BCUT2D eigenvalue weighted by molar-refractivity contribution is 9.10. The molecule has 1 aromatic carbocycles. The Kier molecular flexibility index (Phi) is 5.40. The van der Waals surface area contributed by atoms with Gasteiger partial charge in [-0.3, -0.25) is 4.99 Å². The summed E-state index contributed by atoms with van der Waals surface area (Å²) in [5.41, 5.74) is 5.03. The Morgan fingerprint density at radius 1 is 1.26 bits per heavy atom. The highest BCUT2D eigenvalue weighted by Crippen LogP contribution is 2.22. The van der Waals surface area contributed by atoms with Crippen molar-refractivity contribution in [2.45, 2.75) is 51.5 Å². The Labute approximate surface area is 123 Å². The van der Waals surface area contributed by atoms with Crippen LogP contribution in [0.15, 0.2) is 27.7 Å². The van der Waals surface area contributed by atoms with Crippen LogP contribution in [0.1, 0.15) is 49.7 Å². The van der Waals surface area contributed by atoms with Crippen LogP contribution in [0.2, 0.25) is 0 Å². The van der Waals surface area contributed by atoms with Crippen LogP contribution in [-0.2, 0) is 0 Å². The number of aliphatic imine (C=N–C) groups is 1. The molecule has 104 valence electrons. The van der Waals surface area contributed by atoms with Crippen LogP contribution in [0.5, 0.6) is 0 Å². The molecule has 2 rings (SSSR count). The largest absolute Gasteiger partial charge is 0.308 e. The number of hydrogen-bond acceptors (Lipinski definition) is 2. The standard InChI is InChI=1S/C15H22BrN3/c1-11-8-9-14(16)13(10-11)15(19-17)18-12-6-4-2-3-5-7-12/h8-10,12H,2-7,17H2,1H3,(H,18,19). The molecule has 1 fully saturated rings. The van der Waals surface area contributed by atoms with Crippen LogP contribution < -0.4 is 11.3 Å². The summed E-state index contributed by atoms with van der Waals surface area (Å²) in [4.78, 5) is 4.84. The van der Waals surface area contributed by atoms with Gasteiger partial charge in [0.2, 0.25) is 0 Å². The first-order valence-corrected chi connectivity index (χ1v) is 7.81. The van der Waals surface area contributed by atoms with Gasteiger partial charge in [0.05, 0.1) is 6.04 Å². The second-order valence-corrected chi connectivity index (χ2v) is 6.11. The van der Waals surface area contributed by atoms with E-state index in [0.29, 0.717) is 6.04 Å². The van der Waals surface area contributed by atoms with E-state index in [2.05, 4.69) is 40.4 Å². The van der Waals surface area contributed by atoms with Gasteiger partial charge in [0.1, 0.15) is 5.84 Å². The molecule has 1 saturated carbocycles. The summed E-state index contributed by atoms with van der Waals surface area (Å²) in [6.07, 6.45) is 7.59. The van der Waals surface area contributed by atoms with E-state index < -0.39 is 0 Å². The summed E-state index contributed by atoms with van der Waals surface area (Å²) in [7, 11) is 0. The number of hydrogen-bond donors (Lipinski definition) is 2. The molecule has 4 heteroatoms. The van der Waals surface area contributed by atoms with E-state index in [0.717, 1.165) is 15.9 Å². The average molecular weight is 324 g/mol. The summed E-state index contributed by atoms with van der Waals surface area (Å²) < 4.78 is 1.03. The lowest BCUT2D eigenvalue weighted by atomic mass is 10.1. The first kappa shape index (κ1) is 14.5. The lowest BCUT2D eigenvalue weighted by Gasteiger charge is -2.14. The minimum Gasteiger partial charge on any atom is -0.308 e. The Morgan fingerprint density at radius 2 is 1.95 bits per heavy atom. The summed E-state index contributed by atoms with van der Waals surface area (Å²) in [6.45, 7) is 2.08. The molecule has 3 nitrogen and oxygen atoms in total. The minimum absolute atomic E-state index is 0.404. The van der Waals surface area contributed by atoms with Crippen LogP contribution in [0, 0.1) is 6.92 Å². The number of nitrogens with two attached hydrogens (primary N) is 1. The molecular weight excluding hydrogens is 302 g/mol. The fourth-order valence-electron chi connectivity index (χ4n) is 2.57. The summed E-state index contributed by atoms with van der Waals surface area (Å²) >= 11 is 3.58. The summed E-state index contributed by atoms with van der Waals surface area (Å²) in [6, 6.07) is 6.64. The van der Waals surface area contributed by atoms with Crippen molar-refractivity contribution in [1.82, 2.24) is 5.43 Å². The van der Waals surface area contributed by atoms with E-state index in [4.69, 9.17) is 10.8 Å². The highest BCUT2D eigenvalue weighted by atomic mass is 79.9. The van der Waals surface area contributed by atoms with Crippen molar-refractivity contribution in [3.05, 3.63) is 33.8 Å². The van der Waals surface area contributed by atoms with Gasteiger partial charge in [-0.25, -0.2) is 5.84 Å². The molecule has 1 aliphatic carbocycles. The third kappa shape index (κ3) is 4.05. The van der Waals surface area contributed by atoms with Gasteiger partial charge in [0, 0.05) is 10.0 Å². The predicted octanol–water partition coefficient (Wildman–Crippen LogP) is 3.69. The quantitative estimate of drug-likeness (QED) is 0.287. The molecule has 1 aliphatic rings. The third-order valence-corrected chi connectivity index (χ3v) is 4.34. The van der Waals surface area contributed by atoms with Crippen LogP contribution in [0.3, 0.4) is 0 Å². The number of rotatable bonds is 2. The van der Waals surface area contributed by atoms with Gasteiger partial charge in [0.15, 0.2) is 0 Å². The molecule has 3 N–H and O–H groups in total. The molecule has 0 radical (unpaired) electrons. The molecule has 0 unspecified atom stereocenters. The molecule has 19 heavy (non-hydrogen) atoms. The zero-order valence-electron chi connectivity index (χ0n) is 11.5. The number of aryl methyl sites for hydroxylation is 1. The molecule has 0 atom stereocenters. The maximum atomic E-state index is 5.68. The van der Waals surface area contributed by atoms with Gasteiger partial charge < -0.3 is 5.43 Å². The molecule has 1 aromatic rings. The monoisotopic (exact) mass is 323 g/mol. The van der Waals surface area contributed by atoms with E-state index in [1.165, 1.54) is 44.1 Å². The average Bonchev–Trinajstić information content (AvgIpc) is 2.67. The molecule has 0 aliphatic heterocycles. The Morgan fingerprint density at radius 3 is 2.58 bits per heavy atom. The molecule has 0 amide bonds. The third-order valence-electron chi connectivity index (χ3n) is 3.65. The van der Waals surface area contributed by atoms with Gasteiger partial charge in [-0.1, -0.05) is 53.2 Å². The minimum atomic E-state index is 0.404. The lowest BCUT2D eigenvalue weighted by molar-refractivity contribution is 0.583. The normalized spacial score (nSPS) is 18.2. The van der Waals surface area contributed by atoms with E-state index >= 15 is 0 Å². The lowest BCUT2D eigenvalue weighted by Crippen LogP contribution is -2.32. The highest BCUT2D eigenvalue weighted by Gasteiger charge is 2.14. The molecule has 0 aromatic heterocycles. The van der Waals surface area contributed by atoms with Crippen LogP contribution >= 0.6 is 15.9 Å². The zero-order valence-corrected chi connectivity index (χ0v) is 13.0. The topological polar surface area (TPSA) is 50.4 Å². The predicted molar refractivity (Wildman–Crippen MR) is 84.2 cm³/mol. The number of nitrogens with one attached hydrogen (secondary N) is 1.